The predicted octanol–water partition coefficient (Wildman–Crippen LogP) is 1.43. The van der Waals surface area contributed by atoms with Crippen molar-refractivity contribution in [2.75, 3.05) is 20.1 Å². The molecule has 164 valence electrons. The van der Waals surface area contributed by atoms with E-state index in [-0.39, 0.29) is 11.7 Å². The van der Waals surface area contributed by atoms with E-state index in [4.69, 9.17) is 10.5 Å². The average Bonchev–Trinajstić information content (AvgIpc) is 2.87. The van der Waals surface area contributed by atoms with Crippen LogP contribution in [-0.4, -0.2) is 65.3 Å². The van der Waals surface area contributed by atoms with Crippen molar-refractivity contribution < 1.29 is 19.1 Å². The van der Waals surface area contributed by atoms with Gasteiger partial charge in [-0.25, -0.2) is 14.6 Å². The number of likely N-dealkylation sites (tertiary alicyclic amines) is 1. The summed E-state index contributed by atoms with van der Waals surface area (Å²) in [6.07, 6.45) is 5.32. The normalized spacial score (nSPS) is 20.1. The van der Waals surface area contributed by atoms with Crippen molar-refractivity contribution in [2.45, 2.75) is 45.3 Å². The lowest BCUT2D eigenvalue weighted by Crippen LogP contribution is -2.45. The van der Waals surface area contributed by atoms with Crippen molar-refractivity contribution in [3.63, 3.8) is 0 Å². The second kappa shape index (κ2) is 9.47. The van der Waals surface area contributed by atoms with Crippen LogP contribution in [0.2, 0.25) is 0 Å². The number of ether oxygens (including phenoxy) is 1. The summed E-state index contributed by atoms with van der Waals surface area (Å²) in [6.45, 7) is 10.8. The van der Waals surface area contributed by atoms with Crippen molar-refractivity contribution in [2.24, 2.45) is 10.7 Å². The summed E-state index contributed by atoms with van der Waals surface area (Å²) in [5.74, 6) is 0.00307. The molecule has 0 unspecified atom stereocenters. The van der Waals surface area contributed by atoms with Crippen LogP contribution in [0.3, 0.4) is 0 Å². The Kier molecular flexibility index (Phi) is 7.25. The van der Waals surface area contributed by atoms with Crippen molar-refractivity contribution in [3.05, 3.63) is 36.4 Å². The van der Waals surface area contributed by atoms with Gasteiger partial charge < -0.3 is 20.7 Å². The van der Waals surface area contributed by atoms with E-state index in [2.05, 4.69) is 22.2 Å². The Morgan fingerprint density at radius 2 is 1.97 bits per heavy atom. The second-order valence-corrected chi connectivity index (χ2v) is 8.07. The molecule has 2 fully saturated rings. The number of hydrogen-bond donors (Lipinski definition) is 3. The zero-order valence-corrected chi connectivity index (χ0v) is 17.9. The van der Waals surface area contributed by atoms with Gasteiger partial charge in [0.25, 0.3) is 5.91 Å². The number of carbonyl (C=O) groups is 3. The van der Waals surface area contributed by atoms with Crippen molar-refractivity contribution in [1.82, 2.24) is 20.4 Å². The first-order valence-corrected chi connectivity index (χ1v) is 9.71. The number of imide groups is 1. The van der Waals surface area contributed by atoms with E-state index >= 15 is 0 Å². The zero-order chi connectivity index (χ0) is 22.5. The molecule has 0 saturated carbocycles. The van der Waals surface area contributed by atoms with Crippen LogP contribution in [0, 0.1) is 0 Å². The van der Waals surface area contributed by atoms with E-state index in [1.807, 2.05) is 25.7 Å². The topological polar surface area (TPSA) is 129 Å². The largest absolute Gasteiger partial charge is 0.444 e. The first-order valence-electron chi connectivity index (χ1n) is 9.71. The summed E-state index contributed by atoms with van der Waals surface area (Å²) in [5.41, 5.74) is 5.52. The molecular formula is C20H30N6O4. The Hall–Kier alpha value is -3.30. The Bertz CT molecular complexity index is 801. The van der Waals surface area contributed by atoms with Gasteiger partial charge in [0.05, 0.1) is 5.71 Å². The van der Waals surface area contributed by atoms with Gasteiger partial charge in [0.15, 0.2) is 0 Å². The molecule has 0 bridgehead atoms. The number of alkyl carbamates (subject to hydrolysis) is 1. The molecule has 0 spiro atoms. The number of nitrogens with two attached hydrogens (primary N) is 1. The predicted molar refractivity (Wildman–Crippen MR) is 113 cm³/mol. The van der Waals surface area contributed by atoms with Crippen LogP contribution in [0.4, 0.5) is 9.59 Å². The van der Waals surface area contributed by atoms with Gasteiger partial charge in [-0.15, -0.1) is 0 Å². The van der Waals surface area contributed by atoms with Crippen molar-refractivity contribution in [1.29, 1.82) is 0 Å². The molecule has 30 heavy (non-hydrogen) atoms. The molecule has 0 aromatic heterocycles. The summed E-state index contributed by atoms with van der Waals surface area (Å²) in [6, 6.07) is -0.485. The zero-order valence-electron chi connectivity index (χ0n) is 17.9. The standard InChI is InChI=1S/C20H30N6O4/c1-13(22-15(6-9-21)12-16-17(27)24-18(28)25(16)5)26-10-7-14(8-11-26)23-19(29)30-20(2,3)4/h6,9,12,14H,1,7-8,10-11,21H2,2-5H3,(H,23,29)(H,24,27,28)/b9-6-,16-12-,22-15+. The van der Waals surface area contributed by atoms with Crippen LogP contribution in [-0.2, 0) is 9.53 Å². The molecule has 4 amide bonds. The molecule has 0 aliphatic carbocycles. The lowest BCUT2D eigenvalue weighted by atomic mass is 10.1. The molecule has 0 radical (unpaired) electrons. The molecule has 0 atom stereocenters. The van der Waals surface area contributed by atoms with Crippen LogP contribution in [0.5, 0.6) is 0 Å². The SMILES string of the molecule is C=C(/N=C(\C=C/N)/C=C1/C(=O)NC(=O)N1C)N1CCC(NC(=O)OC(C)(C)C)CC1. The minimum atomic E-state index is -0.538. The van der Waals surface area contributed by atoms with E-state index in [1.165, 1.54) is 30.3 Å². The average molecular weight is 418 g/mol. The fourth-order valence-electron chi connectivity index (χ4n) is 3.00. The Balaban J connectivity index is 1.99. The minimum absolute atomic E-state index is 0.0141. The first-order chi connectivity index (χ1) is 14.0. The number of piperidine rings is 1. The van der Waals surface area contributed by atoms with Gasteiger partial charge in [-0.2, -0.15) is 0 Å². The fraction of sp³-hybridized carbons (Fsp3) is 0.500. The number of allylic oxidation sites excluding steroid dienone is 2. The van der Waals surface area contributed by atoms with Gasteiger partial charge in [-0.1, -0.05) is 6.58 Å². The van der Waals surface area contributed by atoms with Gasteiger partial charge in [0, 0.05) is 26.2 Å². The second-order valence-electron chi connectivity index (χ2n) is 8.07. The first kappa shape index (κ1) is 23.0. The van der Waals surface area contributed by atoms with E-state index in [0.717, 1.165) is 12.8 Å². The highest BCUT2D eigenvalue weighted by atomic mass is 16.6. The van der Waals surface area contributed by atoms with Gasteiger partial charge in [0.2, 0.25) is 0 Å². The van der Waals surface area contributed by atoms with Crippen LogP contribution in [0.25, 0.3) is 0 Å². The quantitative estimate of drug-likeness (QED) is 0.352. The number of urea groups is 1. The Morgan fingerprint density at radius 1 is 1.33 bits per heavy atom. The van der Waals surface area contributed by atoms with Gasteiger partial charge >= 0.3 is 12.1 Å². The number of aliphatic imine (C=N–C) groups is 1. The molecular weight excluding hydrogens is 388 g/mol. The molecule has 4 N–H and O–H groups in total. The van der Waals surface area contributed by atoms with E-state index in [0.29, 0.717) is 24.6 Å². The highest BCUT2D eigenvalue weighted by molar-refractivity contribution is 6.16. The molecule has 2 aliphatic heterocycles. The van der Waals surface area contributed by atoms with E-state index < -0.39 is 23.6 Å². The smallest absolute Gasteiger partial charge is 0.407 e. The molecule has 0 aromatic rings. The third kappa shape index (κ3) is 6.36. The summed E-state index contributed by atoms with van der Waals surface area (Å²) >= 11 is 0. The lowest BCUT2D eigenvalue weighted by Gasteiger charge is -2.34. The third-order valence-electron chi connectivity index (χ3n) is 4.51. The molecule has 2 heterocycles. The summed E-state index contributed by atoms with van der Waals surface area (Å²) in [5, 5.41) is 5.09. The van der Waals surface area contributed by atoms with Gasteiger partial charge in [-0.05, 0) is 52.0 Å². The van der Waals surface area contributed by atoms with Gasteiger partial charge in [-0.3, -0.25) is 15.0 Å². The number of hydrogen-bond acceptors (Lipinski definition) is 7. The number of carbonyl (C=O) groups excluding carboxylic acids is 3. The summed E-state index contributed by atoms with van der Waals surface area (Å²) in [4.78, 5) is 43.1. The molecule has 10 heteroatoms. The monoisotopic (exact) mass is 418 g/mol. The van der Waals surface area contributed by atoms with Crippen LogP contribution >= 0.6 is 0 Å². The van der Waals surface area contributed by atoms with Gasteiger partial charge in [0.1, 0.15) is 17.1 Å². The summed E-state index contributed by atoms with van der Waals surface area (Å²) < 4.78 is 5.29. The highest BCUT2D eigenvalue weighted by Crippen LogP contribution is 2.17. The fourth-order valence-corrected chi connectivity index (χ4v) is 3.00. The number of amides is 4. The lowest BCUT2D eigenvalue weighted by molar-refractivity contribution is -0.116. The molecule has 2 rings (SSSR count). The maximum Gasteiger partial charge on any atom is 0.407 e. The molecule has 10 nitrogen and oxygen atoms in total. The number of nitrogens with one attached hydrogen (secondary N) is 2. The highest BCUT2D eigenvalue weighted by Gasteiger charge is 2.30. The molecule has 0 aromatic carbocycles. The van der Waals surface area contributed by atoms with Crippen molar-refractivity contribution in [3.8, 4) is 0 Å². The number of rotatable bonds is 5. The van der Waals surface area contributed by atoms with Crippen LogP contribution in [0.1, 0.15) is 33.6 Å². The minimum Gasteiger partial charge on any atom is -0.444 e. The van der Waals surface area contributed by atoms with Crippen LogP contribution < -0.4 is 16.4 Å². The van der Waals surface area contributed by atoms with E-state index in [1.54, 1.807) is 0 Å². The Morgan fingerprint density at radius 3 is 2.47 bits per heavy atom. The number of nitrogens with zero attached hydrogens (tertiary/aromatic N) is 3. The maximum atomic E-state index is 11.9. The molecule has 2 saturated heterocycles. The summed E-state index contributed by atoms with van der Waals surface area (Å²) in [7, 11) is 1.49. The number of likely N-dealkylation sites (N-methyl/N-ethyl adjacent to an activating group) is 1. The van der Waals surface area contributed by atoms with Crippen molar-refractivity contribution >= 4 is 23.7 Å². The Labute approximate surface area is 176 Å². The van der Waals surface area contributed by atoms with Crippen LogP contribution in [0.15, 0.2) is 41.4 Å². The van der Waals surface area contributed by atoms with E-state index in [9.17, 15) is 14.4 Å². The maximum absolute atomic E-state index is 11.9. The third-order valence-corrected chi connectivity index (χ3v) is 4.51. The molecule has 2 aliphatic rings.